The predicted molar refractivity (Wildman–Crippen MR) is 173 cm³/mol. The van der Waals surface area contributed by atoms with Crippen LogP contribution < -0.4 is 5.32 Å². The van der Waals surface area contributed by atoms with E-state index in [1.165, 1.54) is 0 Å². The molecule has 9 unspecified atom stereocenters. The maximum absolute atomic E-state index is 14.1. The van der Waals surface area contributed by atoms with Crippen molar-refractivity contribution in [2.45, 2.75) is 146 Å². The summed E-state index contributed by atoms with van der Waals surface area (Å²) in [4.78, 5) is 34.8. The molecule has 4 aliphatic heterocycles. The van der Waals surface area contributed by atoms with Gasteiger partial charge in [-0.05, 0) is 49.1 Å². The number of benzene rings is 1. The number of nitrogens with one attached hydrogen (secondary N) is 1. The van der Waals surface area contributed by atoms with Crippen LogP contribution in [-0.4, -0.2) is 83.7 Å². The summed E-state index contributed by atoms with van der Waals surface area (Å²) < 4.78 is 25.6. The van der Waals surface area contributed by atoms with Crippen LogP contribution in [-0.2, 0) is 39.9 Å². The number of hydrogen-bond donors (Lipinski definition) is 2. The van der Waals surface area contributed by atoms with Crippen molar-refractivity contribution in [2.24, 2.45) is 11.3 Å². The van der Waals surface area contributed by atoms with E-state index < -0.39 is 47.6 Å². The molecule has 47 heavy (non-hydrogen) atoms. The Bertz CT molecular complexity index is 1310. The fourth-order valence-electron chi connectivity index (χ4n) is 8.86. The third-order valence-electron chi connectivity index (χ3n) is 11.3. The van der Waals surface area contributed by atoms with Crippen LogP contribution in [0.25, 0.3) is 6.08 Å². The van der Waals surface area contributed by atoms with Crippen molar-refractivity contribution in [3.63, 3.8) is 0 Å². The summed E-state index contributed by atoms with van der Waals surface area (Å²) >= 11 is 0. The first kappa shape index (κ1) is 33.2. The Labute approximate surface area is 278 Å². The van der Waals surface area contributed by atoms with E-state index in [2.05, 4.69) is 43.4 Å². The zero-order chi connectivity index (χ0) is 32.6. The van der Waals surface area contributed by atoms with Gasteiger partial charge in [0.25, 0.3) is 0 Å². The maximum Gasteiger partial charge on any atom is 0.327 e. The Kier molecular flexibility index (Phi) is 9.80. The molecule has 4 saturated heterocycles. The minimum absolute atomic E-state index is 0.0894. The van der Waals surface area contributed by atoms with Crippen molar-refractivity contribution in [2.75, 3.05) is 13.2 Å². The highest BCUT2D eigenvalue weighted by Crippen LogP contribution is 2.58. The number of aliphatic hydroxyl groups excluding tert-OH is 1. The highest BCUT2D eigenvalue weighted by molar-refractivity contribution is 5.93. The minimum atomic E-state index is -1.23. The van der Waals surface area contributed by atoms with E-state index in [4.69, 9.17) is 23.8 Å². The van der Waals surface area contributed by atoms with Crippen LogP contribution >= 0.6 is 0 Å². The summed E-state index contributed by atoms with van der Waals surface area (Å²) in [5.74, 6) is -1.07. The van der Waals surface area contributed by atoms with Gasteiger partial charge < -0.3 is 29.4 Å². The molecule has 10 nitrogen and oxygen atoms in total. The lowest BCUT2D eigenvalue weighted by molar-refractivity contribution is -0.224. The molecular weight excluding hydrogens is 600 g/mol. The average Bonchev–Trinajstić information content (AvgIpc) is 3.62. The molecule has 6 fully saturated rings. The molecule has 0 radical (unpaired) electrons. The second-order valence-electron chi connectivity index (χ2n) is 14.6. The molecule has 258 valence electrons. The lowest BCUT2D eigenvalue weighted by Crippen LogP contribution is -2.69. The van der Waals surface area contributed by atoms with Crippen LogP contribution in [0.4, 0.5) is 0 Å². The zero-order valence-corrected chi connectivity index (χ0v) is 27.9. The highest BCUT2D eigenvalue weighted by atomic mass is 16.8. The Morgan fingerprint density at radius 2 is 1.83 bits per heavy atom. The van der Waals surface area contributed by atoms with E-state index in [-0.39, 0.29) is 25.5 Å². The van der Waals surface area contributed by atoms with Gasteiger partial charge in [-0.15, -0.1) is 0 Å². The number of rotatable bonds is 15. The van der Waals surface area contributed by atoms with Crippen molar-refractivity contribution < 1.29 is 38.5 Å². The Morgan fingerprint density at radius 3 is 2.57 bits per heavy atom. The number of allylic oxidation sites excluding steroid dienone is 1. The summed E-state index contributed by atoms with van der Waals surface area (Å²) in [5.41, 5.74) is 0.815. The number of esters is 1. The fraction of sp³-hybridized carbons (Fsp3) is 0.730. The third kappa shape index (κ3) is 6.42. The second kappa shape index (κ2) is 13.9. The number of nitrogens with zero attached hydrogens (tertiary/aromatic N) is 1. The Morgan fingerprint density at radius 1 is 1.04 bits per heavy atom. The van der Waals surface area contributed by atoms with Gasteiger partial charge in [-0.25, -0.2) is 0 Å². The van der Waals surface area contributed by atoms with Crippen LogP contribution in [0.15, 0.2) is 30.3 Å². The van der Waals surface area contributed by atoms with Gasteiger partial charge in [-0.2, -0.15) is 5.06 Å². The van der Waals surface area contributed by atoms with Crippen LogP contribution in [0.1, 0.15) is 102 Å². The molecule has 0 aromatic heterocycles. The summed E-state index contributed by atoms with van der Waals surface area (Å²) in [5, 5.41) is 14.1. The second-order valence-corrected chi connectivity index (χ2v) is 14.6. The molecule has 2 bridgehead atoms. The number of hydrogen-bond acceptors (Lipinski definition) is 9. The molecular formula is C37H52N2O8. The van der Waals surface area contributed by atoms with Gasteiger partial charge in [0.05, 0.1) is 25.4 Å². The number of amides is 1. The van der Waals surface area contributed by atoms with Gasteiger partial charge in [0.2, 0.25) is 5.91 Å². The summed E-state index contributed by atoms with van der Waals surface area (Å²) in [6.45, 7) is 4.55. The van der Waals surface area contributed by atoms with Crippen molar-refractivity contribution >= 4 is 18.0 Å². The molecule has 2 N–H and O–H groups in total. The van der Waals surface area contributed by atoms with Crippen molar-refractivity contribution in [3.8, 4) is 0 Å². The standard InChI is InChI=1S/C37H52N2O8/c1-3-5-7-16-36(17-8-6-4-2)45-30-29-22-37(35(42)38-18-19-40)32(34(41)44-29)39(47-33(37)31(30)46-36)23-26-11-9-10-24(20-26)12-13-25-14-15-27-28(21-25)43-27/h9-13,20,25,27-33,40H,3-8,14-19,21-23H2,1-2H3,(H,38,42). The molecule has 10 heteroatoms. The van der Waals surface area contributed by atoms with E-state index in [0.29, 0.717) is 24.7 Å². The first-order valence-corrected chi connectivity index (χ1v) is 18.2. The Balaban J connectivity index is 1.15. The molecule has 6 aliphatic rings. The van der Waals surface area contributed by atoms with Gasteiger partial charge in [0.15, 0.2) is 11.8 Å². The highest BCUT2D eigenvalue weighted by Gasteiger charge is 2.76. The average molecular weight is 653 g/mol. The van der Waals surface area contributed by atoms with Crippen LogP contribution in [0.2, 0.25) is 0 Å². The smallest absolute Gasteiger partial charge is 0.327 e. The number of aliphatic hydroxyl groups is 1. The van der Waals surface area contributed by atoms with E-state index >= 15 is 0 Å². The molecule has 1 aromatic carbocycles. The van der Waals surface area contributed by atoms with Crippen LogP contribution in [0.5, 0.6) is 0 Å². The number of unbranched alkanes of at least 4 members (excludes halogenated alkanes) is 4. The lowest BCUT2D eigenvalue weighted by atomic mass is 9.62. The fourth-order valence-corrected chi connectivity index (χ4v) is 8.86. The largest absolute Gasteiger partial charge is 0.458 e. The normalized spacial score (nSPS) is 36.6. The number of epoxide rings is 1. The predicted octanol–water partition coefficient (Wildman–Crippen LogP) is 4.82. The molecule has 0 spiro atoms. The van der Waals surface area contributed by atoms with Crippen LogP contribution in [0.3, 0.4) is 0 Å². The number of carbonyl (C=O) groups is 2. The first-order chi connectivity index (χ1) is 22.9. The minimum Gasteiger partial charge on any atom is -0.458 e. The summed E-state index contributed by atoms with van der Waals surface area (Å²) in [6.07, 6.45) is 14.3. The van der Waals surface area contributed by atoms with E-state index in [9.17, 15) is 14.7 Å². The molecule has 9 atom stereocenters. The van der Waals surface area contributed by atoms with E-state index in [1.807, 2.05) is 12.1 Å². The maximum atomic E-state index is 14.1. The molecule has 4 heterocycles. The van der Waals surface area contributed by atoms with E-state index in [0.717, 1.165) is 81.8 Å². The van der Waals surface area contributed by atoms with Crippen molar-refractivity contribution in [3.05, 3.63) is 41.5 Å². The lowest BCUT2D eigenvalue weighted by Gasteiger charge is -2.48. The van der Waals surface area contributed by atoms with Gasteiger partial charge in [0.1, 0.15) is 29.8 Å². The SMILES string of the molecule is CCCCCC1(CCCCC)OC2C3CC4(C(=O)NCCO)C(ON(Cc5cccc(C=CC6CCC7OC7C6)c5)C4C(=O)O3)C2O1. The monoisotopic (exact) mass is 652 g/mol. The van der Waals surface area contributed by atoms with Gasteiger partial charge in [0, 0.05) is 25.8 Å². The van der Waals surface area contributed by atoms with Gasteiger partial charge in [-0.1, -0.05) is 75.9 Å². The quantitative estimate of drug-likeness (QED) is 0.156. The molecule has 2 aliphatic carbocycles. The summed E-state index contributed by atoms with van der Waals surface area (Å²) in [7, 11) is 0. The van der Waals surface area contributed by atoms with Gasteiger partial charge >= 0.3 is 5.97 Å². The number of carbonyl (C=O) groups excluding carboxylic acids is 2. The molecule has 2 saturated carbocycles. The number of hydroxylamine groups is 2. The first-order valence-electron chi connectivity index (χ1n) is 18.2. The number of ether oxygens (including phenoxy) is 4. The third-order valence-corrected chi connectivity index (χ3v) is 11.3. The Hall–Kier alpha value is -2.34. The van der Waals surface area contributed by atoms with Crippen molar-refractivity contribution in [1.82, 2.24) is 10.4 Å². The zero-order valence-electron chi connectivity index (χ0n) is 27.9. The summed E-state index contributed by atoms with van der Waals surface area (Å²) in [6, 6.07) is 7.28. The number of fused-ring (bicyclic) bond motifs is 5. The molecule has 7 rings (SSSR count). The topological polar surface area (TPSA) is 119 Å². The van der Waals surface area contributed by atoms with Crippen molar-refractivity contribution in [1.29, 1.82) is 0 Å². The molecule has 1 aromatic rings. The molecule has 1 amide bonds. The van der Waals surface area contributed by atoms with Crippen LogP contribution in [0, 0.1) is 11.3 Å². The van der Waals surface area contributed by atoms with Gasteiger partial charge in [-0.3, -0.25) is 14.4 Å². The van der Waals surface area contributed by atoms with E-state index in [1.54, 1.807) is 5.06 Å².